The Labute approximate surface area is 94.8 Å². The van der Waals surface area contributed by atoms with Crippen molar-refractivity contribution in [1.82, 2.24) is 4.98 Å². The van der Waals surface area contributed by atoms with Gasteiger partial charge in [-0.25, -0.2) is 13.8 Å². The maximum Gasteiger partial charge on any atom is 0.418 e. The van der Waals surface area contributed by atoms with Crippen LogP contribution >= 0.6 is 22.6 Å². The standard InChI is InChI=1S/C7H4F5IN2/c8-5(9)3-2(7(10,11)12)1-15-6(13)4(3)14/h1,5H,14H2. The van der Waals surface area contributed by atoms with E-state index in [0.717, 1.165) is 0 Å². The van der Waals surface area contributed by atoms with Gasteiger partial charge in [0.05, 0.1) is 16.8 Å². The van der Waals surface area contributed by atoms with Gasteiger partial charge in [-0.05, 0) is 22.6 Å². The summed E-state index contributed by atoms with van der Waals surface area (Å²) in [5, 5.41) is 0. The molecule has 0 fully saturated rings. The van der Waals surface area contributed by atoms with Gasteiger partial charge in [0.1, 0.15) is 3.70 Å². The Morgan fingerprint density at radius 3 is 2.27 bits per heavy atom. The van der Waals surface area contributed by atoms with Crippen molar-refractivity contribution >= 4 is 28.3 Å². The Balaban J connectivity index is 3.47. The molecular formula is C7H4F5IN2. The molecule has 0 amide bonds. The van der Waals surface area contributed by atoms with Crippen LogP contribution in [-0.2, 0) is 6.18 Å². The Morgan fingerprint density at radius 2 is 1.87 bits per heavy atom. The van der Waals surface area contributed by atoms with Crippen LogP contribution in [0.25, 0.3) is 0 Å². The molecule has 1 rings (SSSR count). The third kappa shape index (κ3) is 2.47. The summed E-state index contributed by atoms with van der Waals surface area (Å²) in [5.74, 6) is 0. The summed E-state index contributed by atoms with van der Waals surface area (Å²) in [4.78, 5) is 3.30. The van der Waals surface area contributed by atoms with E-state index in [4.69, 9.17) is 5.73 Å². The van der Waals surface area contributed by atoms with Gasteiger partial charge in [-0.1, -0.05) is 0 Å². The van der Waals surface area contributed by atoms with Gasteiger partial charge in [-0.3, -0.25) is 0 Å². The van der Waals surface area contributed by atoms with Crippen LogP contribution in [0, 0.1) is 3.70 Å². The minimum atomic E-state index is -4.88. The quantitative estimate of drug-likeness (QED) is 0.485. The highest BCUT2D eigenvalue weighted by molar-refractivity contribution is 14.1. The first-order chi connectivity index (χ1) is 6.75. The van der Waals surface area contributed by atoms with E-state index < -0.39 is 29.4 Å². The van der Waals surface area contributed by atoms with E-state index in [-0.39, 0.29) is 3.70 Å². The average molecular weight is 338 g/mol. The minimum Gasteiger partial charge on any atom is -0.396 e. The van der Waals surface area contributed by atoms with E-state index in [9.17, 15) is 22.0 Å². The molecule has 1 aromatic heterocycles. The summed E-state index contributed by atoms with van der Waals surface area (Å²) >= 11 is 1.49. The highest BCUT2D eigenvalue weighted by atomic mass is 127. The van der Waals surface area contributed by atoms with Gasteiger partial charge in [0.2, 0.25) is 0 Å². The van der Waals surface area contributed by atoms with Crippen molar-refractivity contribution in [3.63, 3.8) is 0 Å². The fourth-order valence-electron chi connectivity index (χ4n) is 0.978. The van der Waals surface area contributed by atoms with Crippen molar-refractivity contribution in [2.45, 2.75) is 12.6 Å². The molecule has 0 saturated heterocycles. The second-order valence-corrected chi connectivity index (χ2v) is 3.61. The van der Waals surface area contributed by atoms with E-state index in [1.54, 1.807) is 0 Å². The number of hydrogen-bond acceptors (Lipinski definition) is 2. The molecule has 2 N–H and O–H groups in total. The van der Waals surface area contributed by atoms with Gasteiger partial charge < -0.3 is 5.73 Å². The van der Waals surface area contributed by atoms with Crippen LogP contribution in [-0.4, -0.2) is 4.98 Å². The number of halogens is 6. The first-order valence-corrected chi connectivity index (χ1v) is 4.62. The molecule has 0 bridgehead atoms. The maximum absolute atomic E-state index is 12.4. The van der Waals surface area contributed by atoms with Gasteiger partial charge in [-0.15, -0.1) is 0 Å². The summed E-state index contributed by atoms with van der Waals surface area (Å²) < 4.78 is 61.6. The molecule has 0 aliphatic rings. The van der Waals surface area contributed by atoms with Gasteiger partial charge in [0.25, 0.3) is 6.43 Å². The van der Waals surface area contributed by atoms with E-state index in [1.807, 2.05) is 0 Å². The van der Waals surface area contributed by atoms with Crippen molar-refractivity contribution in [2.75, 3.05) is 5.73 Å². The molecule has 0 aliphatic carbocycles. The molecule has 15 heavy (non-hydrogen) atoms. The second kappa shape index (κ2) is 4.06. The Hall–Kier alpha value is -0.670. The fraction of sp³-hybridized carbons (Fsp3) is 0.286. The molecular weight excluding hydrogens is 334 g/mol. The Kier molecular flexibility index (Phi) is 3.36. The number of alkyl halides is 5. The number of rotatable bonds is 1. The average Bonchev–Trinajstić information content (AvgIpc) is 2.06. The first kappa shape index (κ1) is 12.4. The zero-order chi connectivity index (χ0) is 11.8. The molecule has 1 aromatic rings. The third-order valence-corrected chi connectivity index (χ3v) is 2.49. The van der Waals surface area contributed by atoms with Crippen LogP contribution in [0.15, 0.2) is 6.20 Å². The summed E-state index contributed by atoms with van der Waals surface area (Å²) in [7, 11) is 0. The van der Waals surface area contributed by atoms with Crippen LogP contribution in [0.5, 0.6) is 0 Å². The van der Waals surface area contributed by atoms with E-state index in [1.165, 1.54) is 22.6 Å². The largest absolute Gasteiger partial charge is 0.418 e. The van der Waals surface area contributed by atoms with Gasteiger partial charge in [0, 0.05) is 6.20 Å². The summed E-state index contributed by atoms with van der Waals surface area (Å²) in [6, 6.07) is 0. The highest BCUT2D eigenvalue weighted by Gasteiger charge is 2.37. The van der Waals surface area contributed by atoms with Crippen LogP contribution in [0.2, 0.25) is 0 Å². The lowest BCUT2D eigenvalue weighted by Crippen LogP contribution is -2.13. The lowest BCUT2D eigenvalue weighted by atomic mass is 10.1. The molecule has 0 unspecified atom stereocenters. The number of hydrogen-bond donors (Lipinski definition) is 1. The summed E-state index contributed by atoms with van der Waals surface area (Å²) in [6.07, 6.45) is -7.80. The van der Waals surface area contributed by atoms with E-state index >= 15 is 0 Å². The van der Waals surface area contributed by atoms with Crippen molar-refractivity contribution in [3.05, 3.63) is 21.0 Å². The predicted octanol–water partition coefficient (Wildman–Crippen LogP) is 3.22. The fourth-order valence-corrected chi connectivity index (χ4v) is 1.41. The van der Waals surface area contributed by atoms with Crippen molar-refractivity contribution < 1.29 is 22.0 Å². The summed E-state index contributed by atoms with van der Waals surface area (Å²) in [5.41, 5.74) is 1.81. The predicted molar refractivity (Wildman–Crippen MR) is 51.3 cm³/mol. The second-order valence-electron chi connectivity index (χ2n) is 2.59. The normalized spacial score (nSPS) is 12.2. The van der Waals surface area contributed by atoms with Gasteiger partial charge in [-0.2, -0.15) is 13.2 Å². The smallest absolute Gasteiger partial charge is 0.396 e. The van der Waals surface area contributed by atoms with Crippen LogP contribution < -0.4 is 5.73 Å². The topological polar surface area (TPSA) is 38.9 Å². The number of pyridine rings is 1. The Bertz CT molecular complexity index is 376. The molecule has 0 radical (unpaired) electrons. The lowest BCUT2D eigenvalue weighted by molar-refractivity contribution is -0.139. The molecule has 2 nitrogen and oxygen atoms in total. The molecule has 1 heterocycles. The monoisotopic (exact) mass is 338 g/mol. The zero-order valence-electron chi connectivity index (χ0n) is 6.95. The summed E-state index contributed by atoms with van der Waals surface area (Å²) in [6.45, 7) is 0. The van der Waals surface area contributed by atoms with Crippen LogP contribution in [0.4, 0.5) is 27.6 Å². The SMILES string of the molecule is Nc1c(I)ncc(C(F)(F)F)c1C(F)F. The van der Waals surface area contributed by atoms with Crippen LogP contribution in [0.1, 0.15) is 17.6 Å². The number of aromatic nitrogens is 1. The molecule has 0 saturated carbocycles. The minimum absolute atomic E-state index is 0.0732. The maximum atomic E-state index is 12.4. The molecule has 0 spiro atoms. The van der Waals surface area contributed by atoms with Crippen molar-refractivity contribution in [3.8, 4) is 0 Å². The molecule has 8 heteroatoms. The number of anilines is 1. The van der Waals surface area contributed by atoms with E-state index in [2.05, 4.69) is 4.98 Å². The van der Waals surface area contributed by atoms with E-state index in [0.29, 0.717) is 6.20 Å². The van der Waals surface area contributed by atoms with Crippen molar-refractivity contribution in [1.29, 1.82) is 0 Å². The molecule has 84 valence electrons. The molecule has 0 aliphatic heterocycles. The van der Waals surface area contributed by atoms with Crippen molar-refractivity contribution in [2.24, 2.45) is 0 Å². The van der Waals surface area contributed by atoms with Gasteiger partial charge in [0.15, 0.2) is 0 Å². The number of nitrogen functional groups attached to an aromatic ring is 1. The first-order valence-electron chi connectivity index (χ1n) is 3.54. The Morgan fingerprint density at radius 1 is 1.33 bits per heavy atom. The van der Waals surface area contributed by atoms with Crippen LogP contribution in [0.3, 0.4) is 0 Å². The zero-order valence-corrected chi connectivity index (χ0v) is 9.10. The highest BCUT2D eigenvalue weighted by Crippen LogP contribution is 2.39. The third-order valence-electron chi connectivity index (χ3n) is 1.63. The number of nitrogens with two attached hydrogens (primary N) is 1. The molecule has 0 atom stereocenters. The number of nitrogens with zero attached hydrogens (tertiary/aromatic N) is 1. The van der Waals surface area contributed by atoms with Gasteiger partial charge >= 0.3 is 6.18 Å². The lowest BCUT2D eigenvalue weighted by Gasteiger charge is -2.14. The molecule has 0 aromatic carbocycles.